The largest absolute Gasteiger partial charge is 0.371 e. The summed E-state index contributed by atoms with van der Waals surface area (Å²) in [5, 5.41) is 2.97. The maximum Gasteiger partial charge on any atom is 0.226 e. The van der Waals surface area contributed by atoms with Gasteiger partial charge in [-0.2, -0.15) is 0 Å². The lowest BCUT2D eigenvalue weighted by Crippen LogP contribution is -2.45. The van der Waals surface area contributed by atoms with E-state index in [0.29, 0.717) is 18.7 Å². The highest BCUT2D eigenvalue weighted by Crippen LogP contribution is 2.32. The lowest BCUT2D eigenvalue weighted by atomic mass is 9.99. The second kappa shape index (κ2) is 6.34. The van der Waals surface area contributed by atoms with Crippen LogP contribution in [0.4, 0.5) is 4.39 Å². The van der Waals surface area contributed by atoms with Gasteiger partial charge in [-0.1, -0.05) is 18.2 Å². The van der Waals surface area contributed by atoms with Crippen LogP contribution < -0.4 is 5.32 Å². The molecule has 0 aliphatic carbocycles. The number of likely N-dealkylation sites (tertiary alicyclic amines) is 1. The SMILES string of the molecule is CC(C)NC(=O)[C@@H]1C[C@H]2CN(Cc3ccccc3F)C[C@@H]1O2. The zero-order valence-electron chi connectivity index (χ0n) is 13.1. The van der Waals surface area contributed by atoms with E-state index in [1.807, 2.05) is 26.0 Å². The van der Waals surface area contributed by atoms with Crippen LogP contribution in [0.1, 0.15) is 25.8 Å². The van der Waals surface area contributed by atoms with Gasteiger partial charge < -0.3 is 10.1 Å². The average Bonchev–Trinajstić information content (AvgIpc) is 2.76. The molecule has 2 aliphatic rings. The van der Waals surface area contributed by atoms with Crippen molar-refractivity contribution in [2.24, 2.45) is 5.92 Å². The number of halogens is 1. The number of nitrogens with one attached hydrogen (secondary N) is 1. The number of hydrogen-bond donors (Lipinski definition) is 1. The number of hydrogen-bond acceptors (Lipinski definition) is 3. The van der Waals surface area contributed by atoms with Crippen molar-refractivity contribution in [3.05, 3.63) is 35.6 Å². The highest BCUT2D eigenvalue weighted by Gasteiger charge is 2.44. The number of carbonyl (C=O) groups excluding carboxylic acids is 1. The van der Waals surface area contributed by atoms with Crippen molar-refractivity contribution in [2.75, 3.05) is 13.1 Å². The molecule has 3 rings (SSSR count). The summed E-state index contributed by atoms with van der Waals surface area (Å²) in [4.78, 5) is 14.4. The number of amides is 1. The van der Waals surface area contributed by atoms with E-state index in [1.165, 1.54) is 6.07 Å². The van der Waals surface area contributed by atoms with Crippen LogP contribution in [0.15, 0.2) is 24.3 Å². The summed E-state index contributed by atoms with van der Waals surface area (Å²) in [5.74, 6) is -0.177. The van der Waals surface area contributed by atoms with Crippen molar-refractivity contribution in [1.82, 2.24) is 10.2 Å². The molecular formula is C17H23FN2O2. The van der Waals surface area contributed by atoms with E-state index in [9.17, 15) is 9.18 Å². The Hall–Kier alpha value is -1.46. The molecular weight excluding hydrogens is 283 g/mol. The molecule has 3 atom stereocenters. The predicted molar refractivity (Wildman–Crippen MR) is 81.7 cm³/mol. The Morgan fingerprint density at radius 3 is 2.91 bits per heavy atom. The van der Waals surface area contributed by atoms with Gasteiger partial charge in [0.1, 0.15) is 5.82 Å². The average molecular weight is 306 g/mol. The Kier molecular flexibility index (Phi) is 4.45. The number of benzene rings is 1. The third kappa shape index (κ3) is 3.31. The summed E-state index contributed by atoms with van der Waals surface area (Å²) in [5.41, 5.74) is 0.701. The third-order valence-corrected chi connectivity index (χ3v) is 4.35. The predicted octanol–water partition coefficient (Wildman–Crippen LogP) is 1.94. The van der Waals surface area contributed by atoms with E-state index in [-0.39, 0.29) is 35.9 Å². The fraction of sp³-hybridized carbons (Fsp3) is 0.588. The Morgan fingerprint density at radius 2 is 2.18 bits per heavy atom. The zero-order chi connectivity index (χ0) is 15.7. The first kappa shape index (κ1) is 15.4. The normalized spacial score (nSPS) is 28.1. The highest BCUT2D eigenvalue weighted by atomic mass is 19.1. The Bertz CT molecular complexity index is 549. The molecule has 1 N–H and O–H groups in total. The second-order valence-corrected chi connectivity index (χ2v) is 6.59. The molecule has 120 valence electrons. The van der Waals surface area contributed by atoms with Gasteiger partial charge in [0.25, 0.3) is 0 Å². The quantitative estimate of drug-likeness (QED) is 0.924. The van der Waals surface area contributed by atoms with E-state index < -0.39 is 0 Å². The molecule has 0 spiro atoms. The smallest absolute Gasteiger partial charge is 0.226 e. The Labute approximate surface area is 130 Å². The van der Waals surface area contributed by atoms with Crippen LogP contribution in [0.3, 0.4) is 0 Å². The monoisotopic (exact) mass is 306 g/mol. The molecule has 0 aromatic heterocycles. The van der Waals surface area contributed by atoms with Crippen LogP contribution in [0.5, 0.6) is 0 Å². The minimum absolute atomic E-state index is 0.0773. The number of carbonyl (C=O) groups is 1. The third-order valence-electron chi connectivity index (χ3n) is 4.35. The van der Waals surface area contributed by atoms with E-state index >= 15 is 0 Å². The number of nitrogens with zero attached hydrogens (tertiary/aromatic N) is 1. The molecule has 1 aromatic rings. The first-order valence-electron chi connectivity index (χ1n) is 7.94. The minimum Gasteiger partial charge on any atom is -0.371 e. The molecule has 2 aliphatic heterocycles. The van der Waals surface area contributed by atoms with Crippen molar-refractivity contribution < 1.29 is 13.9 Å². The summed E-state index contributed by atoms with van der Waals surface area (Å²) in [7, 11) is 0. The van der Waals surface area contributed by atoms with Crippen LogP contribution >= 0.6 is 0 Å². The summed E-state index contributed by atoms with van der Waals surface area (Å²) < 4.78 is 19.7. The standard InChI is InChI=1S/C17H23FN2O2/c1-11(2)19-17(21)14-7-13-9-20(10-16(14)22-13)8-12-5-3-4-6-15(12)18/h3-6,11,13-14,16H,7-10H2,1-2H3,(H,19,21)/t13-,14+,16-/m0/s1. The number of rotatable bonds is 4. The van der Waals surface area contributed by atoms with Crippen molar-refractivity contribution in [3.8, 4) is 0 Å². The molecule has 2 heterocycles. The van der Waals surface area contributed by atoms with Gasteiger partial charge >= 0.3 is 0 Å². The molecule has 0 saturated carbocycles. The summed E-state index contributed by atoms with van der Waals surface area (Å²) in [6, 6.07) is 7.00. The number of fused-ring (bicyclic) bond motifs is 2. The second-order valence-electron chi connectivity index (χ2n) is 6.59. The first-order chi connectivity index (χ1) is 10.5. The van der Waals surface area contributed by atoms with E-state index in [4.69, 9.17) is 4.74 Å². The topological polar surface area (TPSA) is 41.6 Å². The van der Waals surface area contributed by atoms with E-state index in [0.717, 1.165) is 13.0 Å². The highest BCUT2D eigenvalue weighted by molar-refractivity contribution is 5.80. The van der Waals surface area contributed by atoms with Gasteiger partial charge in [-0.15, -0.1) is 0 Å². The molecule has 2 fully saturated rings. The maximum atomic E-state index is 13.8. The van der Waals surface area contributed by atoms with E-state index in [1.54, 1.807) is 6.07 Å². The van der Waals surface area contributed by atoms with Gasteiger partial charge in [0.15, 0.2) is 0 Å². The molecule has 1 amide bonds. The fourth-order valence-electron chi connectivity index (χ4n) is 3.40. The Morgan fingerprint density at radius 1 is 1.41 bits per heavy atom. The van der Waals surface area contributed by atoms with Crippen LogP contribution in [0.25, 0.3) is 0 Å². The van der Waals surface area contributed by atoms with Crippen molar-refractivity contribution in [3.63, 3.8) is 0 Å². The summed E-state index contributed by atoms with van der Waals surface area (Å²) in [6.45, 7) is 5.94. The minimum atomic E-state index is -0.171. The van der Waals surface area contributed by atoms with Crippen molar-refractivity contribution in [2.45, 2.75) is 45.1 Å². The van der Waals surface area contributed by atoms with Crippen LogP contribution in [0, 0.1) is 11.7 Å². The zero-order valence-corrected chi connectivity index (χ0v) is 13.1. The molecule has 2 saturated heterocycles. The molecule has 22 heavy (non-hydrogen) atoms. The number of ether oxygens (including phenoxy) is 1. The van der Waals surface area contributed by atoms with Gasteiger partial charge in [0.05, 0.1) is 18.1 Å². The molecule has 5 heteroatoms. The summed E-state index contributed by atoms with van der Waals surface area (Å²) >= 11 is 0. The fourth-order valence-corrected chi connectivity index (χ4v) is 3.40. The Balaban J connectivity index is 1.63. The molecule has 1 aromatic carbocycles. The van der Waals surface area contributed by atoms with Crippen molar-refractivity contribution >= 4 is 5.91 Å². The first-order valence-corrected chi connectivity index (χ1v) is 7.94. The van der Waals surface area contributed by atoms with Crippen LogP contribution in [0.2, 0.25) is 0 Å². The van der Waals surface area contributed by atoms with Gasteiger partial charge in [-0.05, 0) is 26.3 Å². The lowest BCUT2D eigenvalue weighted by molar-refractivity contribution is -0.128. The molecule has 2 bridgehead atoms. The maximum absolute atomic E-state index is 13.8. The summed E-state index contributed by atoms with van der Waals surface area (Å²) in [6.07, 6.45) is 0.759. The molecule has 4 nitrogen and oxygen atoms in total. The van der Waals surface area contributed by atoms with Crippen molar-refractivity contribution in [1.29, 1.82) is 0 Å². The van der Waals surface area contributed by atoms with Gasteiger partial charge in [-0.3, -0.25) is 9.69 Å². The van der Waals surface area contributed by atoms with Gasteiger partial charge in [0.2, 0.25) is 5.91 Å². The lowest BCUT2D eigenvalue weighted by Gasteiger charge is -2.32. The van der Waals surface area contributed by atoms with Gasteiger partial charge in [-0.25, -0.2) is 4.39 Å². The van der Waals surface area contributed by atoms with Crippen LogP contribution in [-0.2, 0) is 16.1 Å². The molecule has 0 radical (unpaired) electrons. The van der Waals surface area contributed by atoms with Crippen LogP contribution in [-0.4, -0.2) is 42.1 Å². The molecule has 0 unspecified atom stereocenters. The number of morpholine rings is 1. The van der Waals surface area contributed by atoms with E-state index in [2.05, 4.69) is 10.2 Å². The van der Waals surface area contributed by atoms with Gasteiger partial charge in [0, 0.05) is 31.2 Å².